The van der Waals surface area contributed by atoms with Crippen molar-refractivity contribution in [3.05, 3.63) is 41.5 Å². The SMILES string of the molecule is CCCCCCCCCCCC(=O)OC1C=Cc2ccccc21. The highest BCUT2D eigenvalue weighted by molar-refractivity contribution is 5.71. The van der Waals surface area contributed by atoms with Crippen molar-refractivity contribution in [1.29, 1.82) is 0 Å². The molecule has 0 aliphatic heterocycles. The minimum atomic E-state index is -0.183. The van der Waals surface area contributed by atoms with E-state index in [0.29, 0.717) is 6.42 Å². The molecule has 23 heavy (non-hydrogen) atoms. The standard InChI is InChI=1S/C21H30O2/c1-2-3-4-5-6-7-8-9-10-15-21(22)23-20-17-16-18-13-11-12-14-19(18)20/h11-14,16-17,20H,2-10,15H2,1H3. The molecule has 0 radical (unpaired) electrons. The summed E-state index contributed by atoms with van der Waals surface area (Å²) in [6.45, 7) is 2.25. The summed E-state index contributed by atoms with van der Waals surface area (Å²) in [6, 6.07) is 8.09. The largest absolute Gasteiger partial charge is 0.453 e. The number of rotatable bonds is 11. The van der Waals surface area contributed by atoms with E-state index in [1.807, 2.05) is 30.4 Å². The first kappa shape index (κ1) is 17.8. The van der Waals surface area contributed by atoms with E-state index < -0.39 is 0 Å². The maximum absolute atomic E-state index is 12.0. The van der Waals surface area contributed by atoms with Gasteiger partial charge in [-0.1, -0.05) is 88.6 Å². The number of ether oxygens (including phenoxy) is 1. The Labute approximate surface area is 140 Å². The van der Waals surface area contributed by atoms with E-state index in [1.54, 1.807) is 0 Å². The van der Waals surface area contributed by atoms with Gasteiger partial charge in [-0.2, -0.15) is 0 Å². The Kier molecular flexibility index (Phi) is 7.92. The number of benzene rings is 1. The lowest BCUT2D eigenvalue weighted by atomic mass is 10.1. The molecular weight excluding hydrogens is 284 g/mol. The highest BCUT2D eigenvalue weighted by Gasteiger charge is 2.20. The number of hydrogen-bond donors (Lipinski definition) is 0. The zero-order chi connectivity index (χ0) is 16.3. The van der Waals surface area contributed by atoms with Crippen LogP contribution >= 0.6 is 0 Å². The van der Waals surface area contributed by atoms with Crippen LogP contribution in [0.15, 0.2) is 30.3 Å². The van der Waals surface area contributed by atoms with Crippen molar-refractivity contribution in [3.8, 4) is 0 Å². The van der Waals surface area contributed by atoms with Crippen molar-refractivity contribution in [2.24, 2.45) is 0 Å². The van der Waals surface area contributed by atoms with Gasteiger partial charge in [0.15, 0.2) is 0 Å². The summed E-state index contributed by atoms with van der Waals surface area (Å²) in [5, 5.41) is 0. The lowest BCUT2D eigenvalue weighted by Crippen LogP contribution is -2.08. The molecule has 1 aliphatic rings. The second-order valence-electron chi connectivity index (χ2n) is 6.48. The Morgan fingerprint density at radius 2 is 1.61 bits per heavy atom. The van der Waals surface area contributed by atoms with Gasteiger partial charge in [0.05, 0.1) is 0 Å². The first-order chi connectivity index (χ1) is 11.3. The normalized spacial score (nSPS) is 15.6. The number of hydrogen-bond acceptors (Lipinski definition) is 2. The molecule has 1 aromatic rings. The van der Waals surface area contributed by atoms with Crippen LogP contribution in [0, 0.1) is 0 Å². The van der Waals surface area contributed by atoms with Crippen LogP contribution in [0.3, 0.4) is 0 Å². The molecule has 126 valence electrons. The molecule has 0 fully saturated rings. The summed E-state index contributed by atoms with van der Waals surface area (Å²) in [4.78, 5) is 12.0. The molecule has 0 saturated heterocycles. The fourth-order valence-electron chi connectivity index (χ4n) is 3.10. The molecule has 1 unspecified atom stereocenters. The third-order valence-electron chi connectivity index (χ3n) is 4.50. The quantitative estimate of drug-likeness (QED) is 0.358. The van der Waals surface area contributed by atoms with E-state index in [4.69, 9.17) is 4.74 Å². The van der Waals surface area contributed by atoms with Gasteiger partial charge in [-0.3, -0.25) is 4.79 Å². The average molecular weight is 314 g/mol. The van der Waals surface area contributed by atoms with Gasteiger partial charge >= 0.3 is 5.97 Å². The topological polar surface area (TPSA) is 26.3 Å². The van der Waals surface area contributed by atoms with E-state index in [2.05, 4.69) is 13.0 Å². The molecule has 1 atom stereocenters. The predicted molar refractivity (Wildman–Crippen MR) is 96.2 cm³/mol. The Balaban J connectivity index is 1.52. The number of esters is 1. The van der Waals surface area contributed by atoms with Crippen LogP contribution in [0.2, 0.25) is 0 Å². The van der Waals surface area contributed by atoms with Crippen LogP contribution in [-0.4, -0.2) is 5.97 Å². The van der Waals surface area contributed by atoms with Gasteiger partial charge in [0.25, 0.3) is 0 Å². The van der Waals surface area contributed by atoms with Crippen LogP contribution in [0.25, 0.3) is 6.08 Å². The Morgan fingerprint density at radius 1 is 0.957 bits per heavy atom. The Hall–Kier alpha value is -1.57. The minimum Gasteiger partial charge on any atom is -0.453 e. The van der Waals surface area contributed by atoms with Crippen molar-refractivity contribution in [2.45, 2.75) is 77.2 Å². The zero-order valence-electron chi connectivity index (χ0n) is 14.4. The van der Waals surface area contributed by atoms with Crippen molar-refractivity contribution in [1.82, 2.24) is 0 Å². The summed E-state index contributed by atoms with van der Waals surface area (Å²) in [6.07, 6.45) is 15.8. The number of unbranched alkanes of at least 4 members (excludes halogenated alkanes) is 8. The van der Waals surface area contributed by atoms with Gasteiger partial charge < -0.3 is 4.74 Å². The van der Waals surface area contributed by atoms with Crippen LogP contribution in [-0.2, 0) is 9.53 Å². The van der Waals surface area contributed by atoms with Gasteiger partial charge in [-0.25, -0.2) is 0 Å². The van der Waals surface area contributed by atoms with Gasteiger partial charge in [-0.05, 0) is 18.1 Å². The first-order valence-electron chi connectivity index (χ1n) is 9.28. The van der Waals surface area contributed by atoms with E-state index >= 15 is 0 Å². The van der Waals surface area contributed by atoms with Crippen LogP contribution in [0.5, 0.6) is 0 Å². The molecule has 1 aliphatic carbocycles. The van der Waals surface area contributed by atoms with Crippen molar-refractivity contribution >= 4 is 12.0 Å². The second-order valence-corrected chi connectivity index (χ2v) is 6.48. The van der Waals surface area contributed by atoms with Gasteiger partial charge in [0.1, 0.15) is 6.10 Å². The number of fused-ring (bicyclic) bond motifs is 1. The Morgan fingerprint density at radius 3 is 2.35 bits per heavy atom. The fraction of sp³-hybridized carbons (Fsp3) is 0.571. The molecule has 0 N–H and O–H groups in total. The molecular formula is C21H30O2. The maximum atomic E-state index is 12.0. The molecule has 0 spiro atoms. The fourth-order valence-corrected chi connectivity index (χ4v) is 3.10. The van der Waals surface area contributed by atoms with Crippen LogP contribution in [0.1, 0.15) is 88.4 Å². The van der Waals surface area contributed by atoms with Gasteiger partial charge in [0, 0.05) is 12.0 Å². The molecule has 2 rings (SSSR count). The summed E-state index contributed by atoms with van der Waals surface area (Å²) < 4.78 is 5.58. The minimum absolute atomic E-state index is 0.0701. The molecule has 0 bridgehead atoms. The molecule has 0 saturated carbocycles. The summed E-state index contributed by atoms with van der Waals surface area (Å²) in [7, 11) is 0. The summed E-state index contributed by atoms with van der Waals surface area (Å²) >= 11 is 0. The average Bonchev–Trinajstić information content (AvgIpc) is 2.96. The highest BCUT2D eigenvalue weighted by atomic mass is 16.5. The second kappa shape index (κ2) is 10.3. The number of carbonyl (C=O) groups is 1. The molecule has 1 aromatic carbocycles. The number of carbonyl (C=O) groups excluding carboxylic acids is 1. The molecule has 2 heteroatoms. The van der Waals surface area contributed by atoms with E-state index in [-0.39, 0.29) is 12.1 Å². The summed E-state index contributed by atoms with van der Waals surface area (Å²) in [5.41, 5.74) is 2.27. The van der Waals surface area contributed by atoms with Crippen LogP contribution in [0.4, 0.5) is 0 Å². The molecule has 2 nitrogen and oxygen atoms in total. The summed E-state index contributed by atoms with van der Waals surface area (Å²) in [5.74, 6) is -0.0701. The van der Waals surface area contributed by atoms with Crippen molar-refractivity contribution in [3.63, 3.8) is 0 Å². The maximum Gasteiger partial charge on any atom is 0.306 e. The third-order valence-corrected chi connectivity index (χ3v) is 4.50. The predicted octanol–water partition coefficient (Wildman–Crippen LogP) is 6.22. The smallest absolute Gasteiger partial charge is 0.306 e. The van der Waals surface area contributed by atoms with Gasteiger partial charge in [-0.15, -0.1) is 0 Å². The van der Waals surface area contributed by atoms with Gasteiger partial charge in [0.2, 0.25) is 0 Å². The van der Waals surface area contributed by atoms with Crippen molar-refractivity contribution in [2.75, 3.05) is 0 Å². The van der Waals surface area contributed by atoms with E-state index in [0.717, 1.165) is 24.0 Å². The highest BCUT2D eigenvalue weighted by Crippen LogP contribution is 2.31. The van der Waals surface area contributed by atoms with E-state index in [1.165, 1.54) is 44.9 Å². The zero-order valence-corrected chi connectivity index (χ0v) is 14.4. The lowest BCUT2D eigenvalue weighted by Gasteiger charge is -2.12. The van der Waals surface area contributed by atoms with E-state index in [9.17, 15) is 4.79 Å². The molecule has 0 aromatic heterocycles. The first-order valence-corrected chi connectivity index (χ1v) is 9.28. The monoisotopic (exact) mass is 314 g/mol. The molecule has 0 amide bonds. The van der Waals surface area contributed by atoms with Crippen molar-refractivity contribution < 1.29 is 9.53 Å². The lowest BCUT2D eigenvalue weighted by molar-refractivity contribution is -0.147. The molecule has 0 heterocycles. The Bertz CT molecular complexity index is 504. The third kappa shape index (κ3) is 6.21. The van der Waals surface area contributed by atoms with Crippen LogP contribution < -0.4 is 0 Å².